The fourth-order valence-electron chi connectivity index (χ4n) is 3.16. The standard InChI is InChI=1S/C14H18O2/c1-9-4-2-3-5-11(9)14(15)12-8-10-6-7-13(12)16-10/h2-5,10,12-15H,6-8H2,1H3. The lowest BCUT2D eigenvalue weighted by Gasteiger charge is -2.25. The Morgan fingerprint density at radius 3 is 2.75 bits per heavy atom. The van der Waals surface area contributed by atoms with Crippen molar-refractivity contribution in [1.29, 1.82) is 0 Å². The molecule has 1 N–H and O–H groups in total. The van der Waals surface area contributed by atoms with Gasteiger partial charge in [0.1, 0.15) is 0 Å². The molecule has 0 aliphatic carbocycles. The predicted octanol–water partition coefficient (Wildman–Crippen LogP) is 2.60. The second-order valence-electron chi connectivity index (χ2n) is 5.07. The van der Waals surface area contributed by atoms with Crippen LogP contribution in [0.4, 0.5) is 0 Å². The van der Waals surface area contributed by atoms with Gasteiger partial charge in [-0.15, -0.1) is 0 Å². The number of benzene rings is 1. The number of fused-ring (bicyclic) bond motifs is 2. The highest BCUT2D eigenvalue weighted by atomic mass is 16.5. The molecular formula is C14H18O2. The summed E-state index contributed by atoms with van der Waals surface area (Å²) >= 11 is 0. The molecule has 0 radical (unpaired) electrons. The van der Waals surface area contributed by atoms with Gasteiger partial charge >= 0.3 is 0 Å². The van der Waals surface area contributed by atoms with Crippen molar-refractivity contribution < 1.29 is 9.84 Å². The van der Waals surface area contributed by atoms with Crippen molar-refractivity contribution in [2.24, 2.45) is 5.92 Å². The van der Waals surface area contributed by atoms with Gasteiger partial charge in [-0.3, -0.25) is 0 Å². The van der Waals surface area contributed by atoms with Crippen molar-refractivity contribution >= 4 is 0 Å². The van der Waals surface area contributed by atoms with Crippen LogP contribution in [0.15, 0.2) is 24.3 Å². The van der Waals surface area contributed by atoms with Crippen LogP contribution in [0, 0.1) is 12.8 Å². The summed E-state index contributed by atoms with van der Waals surface area (Å²) in [4.78, 5) is 0. The third-order valence-corrected chi connectivity index (χ3v) is 4.07. The smallest absolute Gasteiger partial charge is 0.0846 e. The molecule has 4 unspecified atom stereocenters. The molecule has 2 nitrogen and oxygen atoms in total. The van der Waals surface area contributed by atoms with Gasteiger partial charge in [0.15, 0.2) is 0 Å². The summed E-state index contributed by atoms with van der Waals surface area (Å²) in [5.41, 5.74) is 2.25. The molecule has 3 rings (SSSR count). The SMILES string of the molecule is Cc1ccccc1C(O)C1CC2CCC1O2. The molecule has 0 saturated carbocycles. The van der Waals surface area contributed by atoms with Crippen LogP contribution in [-0.2, 0) is 4.74 Å². The van der Waals surface area contributed by atoms with Gasteiger partial charge in [-0.05, 0) is 37.3 Å². The highest BCUT2D eigenvalue weighted by molar-refractivity contribution is 5.28. The Morgan fingerprint density at radius 2 is 2.12 bits per heavy atom. The second-order valence-corrected chi connectivity index (χ2v) is 5.07. The monoisotopic (exact) mass is 218 g/mol. The average Bonchev–Trinajstić information content (AvgIpc) is 2.90. The fourth-order valence-corrected chi connectivity index (χ4v) is 3.16. The molecule has 2 bridgehead atoms. The minimum absolute atomic E-state index is 0.291. The molecule has 0 spiro atoms. The predicted molar refractivity (Wildman–Crippen MR) is 62.1 cm³/mol. The molecule has 16 heavy (non-hydrogen) atoms. The van der Waals surface area contributed by atoms with Gasteiger partial charge in [0, 0.05) is 5.92 Å². The third kappa shape index (κ3) is 1.57. The summed E-state index contributed by atoms with van der Waals surface area (Å²) in [6.45, 7) is 2.06. The van der Waals surface area contributed by atoms with Gasteiger partial charge in [0.05, 0.1) is 18.3 Å². The second kappa shape index (κ2) is 3.86. The van der Waals surface area contributed by atoms with Crippen LogP contribution in [0.1, 0.15) is 36.5 Å². The van der Waals surface area contributed by atoms with Gasteiger partial charge in [0.25, 0.3) is 0 Å². The van der Waals surface area contributed by atoms with Crippen LogP contribution in [0.2, 0.25) is 0 Å². The van der Waals surface area contributed by atoms with Crippen molar-refractivity contribution in [2.45, 2.75) is 44.5 Å². The molecule has 2 heterocycles. The van der Waals surface area contributed by atoms with Crippen LogP contribution < -0.4 is 0 Å². The highest BCUT2D eigenvalue weighted by Crippen LogP contribution is 2.44. The molecule has 1 aromatic rings. The molecule has 2 aliphatic heterocycles. The minimum Gasteiger partial charge on any atom is -0.388 e. The van der Waals surface area contributed by atoms with E-state index in [9.17, 15) is 5.11 Å². The summed E-state index contributed by atoms with van der Waals surface area (Å²) < 4.78 is 5.81. The number of ether oxygens (including phenoxy) is 1. The first-order valence-corrected chi connectivity index (χ1v) is 6.15. The van der Waals surface area contributed by atoms with E-state index < -0.39 is 0 Å². The zero-order chi connectivity index (χ0) is 11.1. The van der Waals surface area contributed by atoms with Crippen LogP contribution in [0.25, 0.3) is 0 Å². The number of aliphatic hydroxyl groups excluding tert-OH is 1. The Kier molecular flexibility index (Phi) is 2.49. The van der Waals surface area contributed by atoms with Crippen LogP contribution in [-0.4, -0.2) is 17.3 Å². The van der Waals surface area contributed by atoms with Crippen molar-refractivity contribution in [3.8, 4) is 0 Å². The van der Waals surface area contributed by atoms with Crippen LogP contribution in [0.3, 0.4) is 0 Å². The molecule has 2 saturated heterocycles. The van der Waals surface area contributed by atoms with Crippen molar-refractivity contribution in [3.05, 3.63) is 35.4 Å². The summed E-state index contributed by atoms with van der Waals surface area (Å²) in [5.74, 6) is 0.305. The Balaban J connectivity index is 1.83. The quantitative estimate of drug-likeness (QED) is 0.826. The molecule has 1 aromatic carbocycles. The lowest BCUT2D eigenvalue weighted by molar-refractivity contribution is 0.0420. The van der Waals surface area contributed by atoms with E-state index in [0.717, 1.165) is 18.4 Å². The molecule has 0 aromatic heterocycles. The number of aliphatic hydroxyl groups is 1. The molecule has 4 atom stereocenters. The van der Waals surface area contributed by atoms with Gasteiger partial charge in [-0.2, -0.15) is 0 Å². The van der Waals surface area contributed by atoms with Gasteiger partial charge in [0.2, 0.25) is 0 Å². The molecular weight excluding hydrogens is 200 g/mol. The van der Waals surface area contributed by atoms with E-state index in [4.69, 9.17) is 4.74 Å². The van der Waals surface area contributed by atoms with Gasteiger partial charge in [-0.25, -0.2) is 0 Å². The Bertz CT molecular complexity index is 388. The van der Waals surface area contributed by atoms with E-state index in [0.29, 0.717) is 18.1 Å². The molecule has 2 heteroatoms. The van der Waals surface area contributed by atoms with E-state index in [2.05, 4.69) is 13.0 Å². The Hall–Kier alpha value is -0.860. The lowest BCUT2D eigenvalue weighted by atomic mass is 9.82. The zero-order valence-corrected chi connectivity index (χ0v) is 9.60. The summed E-state index contributed by atoms with van der Waals surface area (Å²) in [6, 6.07) is 8.11. The maximum atomic E-state index is 10.4. The van der Waals surface area contributed by atoms with Crippen molar-refractivity contribution in [1.82, 2.24) is 0 Å². The van der Waals surface area contributed by atoms with Crippen molar-refractivity contribution in [3.63, 3.8) is 0 Å². The maximum Gasteiger partial charge on any atom is 0.0846 e. The first kappa shape index (κ1) is 10.3. The van der Waals surface area contributed by atoms with E-state index in [1.165, 1.54) is 12.0 Å². The molecule has 2 aliphatic rings. The van der Waals surface area contributed by atoms with Crippen LogP contribution in [0.5, 0.6) is 0 Å². The number of rotatable bonds is 2. The largest absolute Gasteiger partial charge is 0.388 e. The van der Waals surface area contributed by atoms with Crippen LogP contribution >= 0.6 is 0 Å². The summed E-state index contributed by atoms with van der Waals surface area (Å²) in [7, 11) is 0. The first-order chi connectivity index (χ1) is 7.75. The lowest BCUT2D eigenvalue weighted by Crippen LogP contribution is -2.24. The maximum absolute atomic E-state index is 10.4. The van der Waals surface area contributed by atoms with Gasteiger partial charge < -0.3 is 9.84 Å². The number of hydrogen-bond donors (Lipinski definition) is 1. The van der Waals surface area contributed by atoms with E-state index in [1.54, 1.807) is 0 Å². The average molecular weight is 218 g/mol. The van der Waals surface area contributed by atoms with E-state index in [-0.39, 0.29) is 6.10 Å². The molecule has 2 fully saturated rings. The summed E-state index contributed by atoms with van der Waals surface area (Å²) in [5, 5.41) is 10.4. The number of aryl methyl sites for hydroxylation is 1. The molecule has 0 amide bonds. The summed E-state index contributed by atoms with van der Waals surface area (Å²) in [6.07, 6.45) is 3.69. The minimum atomic E-state index is -0.350. The van der Waals surface area contributed by atoms with E-state index in [1.807, 2.05) is 18.2 Å². The number of hydrogen-bond acceptors (Lipinski definition) is 2. The van der Waals surface area contributed by atoms with Crippen molar-refractivity contribution in [2.75, 3.05) is 0 Å². The molecule has 86 valence electrons. The van der Waals surface area contributed by atoms with E-state index >= 15 is 0 Å². The Morgan fingerprint density at radius 1 is 1.31 bits per heavy atom. The zero-order valence-electron chi connectivity index (χ0n) is 9.60. The Labute approximate surface area is 96.2 Å². The highest BCUT2D eigenvalue weighted by Gasteiger charge is 2.44. The van der Waals surface area contributed by atoms with Gasteiger partial charge in [-0.1, -0.05) is 24.3 Å². The topological polar surface area (TPSA) is 29.5 Å². The first-order valence-electron chi connectivity index (χ1n) is 6.15. The normalized spacial score (nSPS) is 34.2. The third-order valence-electron chi connectivity index (χ3n) is 4.07. The fraction of sp³-hybridized carbons (Fsp3) is 0.571.